The lowest BCUT2D eigenvalue weighted by atomic mass is 10.1. The Morgan fingerprint density at radius 3 is 2.37 bits per heavy atom. The molecule has 100 valence electrons. The minimum absolute atomic E-state index is 0.171. The van der Waals surface area contributed by atoms with Gasteiger partial charge in [-0.1, -0.05) is 44.0 Å². The second-order valence-corrected chi connectivity index (χ2v) is 6.66. The Hall–Kier alpha value is -0.360. The summed E-state index contributed by atoms with van der Waals surface area (Å²) in [6.45, 7) is 0.416. The second-order valence-electron chi connectivity index (χ2n) is 3.97. The average molecular weight is 450 g/mol. The lowest BCUT2D eigenvalue weighted by Crippen LogP contribution is -2.18. The lowest BCUT2D eigenvalue weighted by molar-refractivity contribution is 0.212. The van der Waals surface area contributed by atoms with Gasteiger partial charge in [0.2, 0.25) is 0 Å². The van der Waals surface area contributed by atoms with Crippen molar-refractivity contribution in [2.75, 3.05) is 6.54 Å². The Bertz CT molecular complexity index is 574. The molecule has 0 spiro atoms. The van der Waals surface area contributed by atoms with Crippen LogP contribution in [0.3, 0.4) is 0 Å². The first-order valence-electron chi connectivity index (χ1n) is 5.67. The topological polar surface area (TPSA) is 35.2 Å². The van der Waals surface area contributed by atoms with E-state index in [2.05, 4.69) is 47.8 Å². The zero-order valence-electron chi connectivity index (χ0n) is 9.95. The van der Waals surface area contributed by atoms with Crippen LogP contribution in [0.5, 0.6) is 5.75 Å². The SMILES string of the molecule is NCC(Oc1ccc(Br)cc1Br)c1cccc(Br)c1. The highest BCUT2D eigenvalue weighted by atomic mass is 79.9. The van der Waals surface area contributed by atoms with Gasteiger partial charge in [0, 0.05) is 15.5 Å². The molecular formula is C14H12Br3NO. The van der Waals surface area contributed by atoms with Crippen molar-refractivity contribution in [1.29, 1.82) is 0 Å². The second kappa shape index (κ2) is 6.88. The van der Waals surface area contributed by atoms with E-state index < -0.39 is 0 Å². The van der Waals surface area contributed by atoms with Crippen molar-refractivity contribution in [3.63, 3.8) is 0 Å². The van der Waals surface area contributed by atoms with Crippen LogP contribution in [0.4, 0.5) is 0 Å². The summed E-state index contributed by atoms with van der Waals surface area (Å²) in [6.07, 6.45) is -0.171. The largest absolute Gasteiger partial charge is 0.483 e. The van der Waals surface area contributed by atoms with Crippen molar-refractivity contribution in [3.05, 3.63) is 61.4 Å². The molecule has 0 bridgehead atoms. The van der Waals surface area contributed by atoms with Gasteiger partial charge in [-0.3, -0.25) is 0 Å². The monoisotopic (exact) mass is 447 g/mol. The first-order valence-corrected chi connectivity index (χ1v) is 8.05. The molecule has 0 radical (unpaired) electrons. The maximum Gasteiger partial charge on any atom is 0.136 e. The Morgan fingerprint density at radius 1 is 1.00 bits per heavy atom. The fourth-order valence-corrected chi connectivity index (χ4v) is 3.24. The standard InChI is InChI=1S/C14H12Br3NO/c15-10-3-1-2-9(6-10)14(8-18)19-13-5-4-11(16)7-12(13)17/h1-7,14H,8,18H2. The number of hydrogen-bond donors (Lipinski definition) is 1. The van der Waals surface area contributed by atoms with Crippen LogP contribution in [-0.2, 0) is 0 Å². The molecule has 2 N–H and O–H groups in total. The van der Waals surface area contributed by atoms with Gasteiger partial charge in [0.25, 0.3) is 0 Å². The first-order chi connectivity index (χ1) is 9.10. The Kier molecular flexibility index (Phi) is 5.45. The van der Waals surface area contributed by atoms with Crippen molar-refractivity contribution < 1.29 is 4.74 Å². The minimum atomic E-state index is -0.171. The quantitative estimate of drug-likeness (QED) is 0.708. The van der Waals surface area contributed by atoms with Gasteiger partial charge < -0.3 is 10.5 Å². The number of hydrogen-bond acceptors (Lipinski definition) is 2. The highest BCUT2D eigenvalue weighted by molar-refractivity contribution is 9.11. The molecule has 2 nitrogen and oxygen atoms in total. The van der Waals surface area contributed by atoms with Crippen LogP contribution >= 0.6 is 47.8 Å². The van der Waals surface area contributed by atoms with Crippen molar-refractivity contribution in [1.82, 2.24) is 0 Å². The van der Waals surface area contributed by atoms with Gasteiger partial charge in [-0.25, -0.2) is 0 Å². The van der Waals surface area contributed by atoms with Gasteiger partial charge >= 0.3 is 0 Å². The van der Waals surface area contributed by atoms with Crippen molar-refractivity contribution in [2.24, 2.45) is 5.73 Å². The van der Waals surface area contributed by atoms with E-state index in [-0.39, 0.29) is 6.10 Å². The maximum absolute atomic E-state index is 5.98. The third-order valence-corrected chi connectivity index (χ3v) is 4.20. The maximum atomic E-state index is 5.98. The molecule has 5 heteroatoms. The Labute approximate surface area is 137 Å². The van der Waals surface area contributed by atoms with E-state index in [1.54, 1.807) is 0 Å². The molecule has 0 fully saturated rings. The zero-order valence-corrected chi connectivity index (χ0v) is 14.7. The van der Waals surface area contributed by atoms with E-state index in [9.17, 15) is 0 Å². The number of benzene rings is 2. The first kappa shape index (κ1) is 15.0. The fourth-order valence-electron chi connectivity index (χ4n) is 1.68. The van der Waals surface area contributed by atoms with Crippen LogP contribution in [0.2, 0.25) is 0 Å². The van der Waals surface area contributed by atoms with E-state index in [0.29, 0.717) is 6.54 Å². The molecule has 0 amide bonds. The Balaban J connectivity index is 2.24. The van der Waals surface area contributed by atoms with Gasteiger partial charge in [-0.15, -0.1) is 0 Å². The highest BCUT2D eigenvalue weighted by Crippen LogP contribution is 2.32. The molecule has 0 aliphatic carbocycles. The molecule has 1 unspecified atom stereocenters. The van der Waals surface area contributed by atoms with Crippen LogP contribution in [0.25, 0.3) is 0 Å². The van der Waals surface area contributed by atoms with Gasteiger partial charge in [-0.2, -0.15) is 0 Å². The molecule has 0 aliphatic heterocycles. The highest BCUT2D eigenvalue weighted by Gasteiger charge is 2.13. The number of ether oxygens (including phenoxy) is 1. The molecule has 0 aromatic heterocycles. The van der Waals surface area contributed by atoms with Crippen molar-refractivity contribution in [2.45, 2.75) is 6.10 Å². The van der Waals surface area contributed by atoms with Gasteiger partial charge in [0.05, 0.1) is 4.47 Å². The summed E-state index contributed by atoms with van der Waals surface area (Å²) in [5.41, 5.74) is 6.87. The van der Waals surface area contributed by atoms with Crippen LogP contribution in [0.1, 0.15) is 11.7 Å². The summed E-state index contributed by atoms with van der Waals surface area (Å²) in [6, 6.07) is 13.8. The van der Waals surface area contributed by atoms with Crippen LogP contribution < -0.4 is 10.5 Å². The molecular weight excluding hydrogens is 438 g/mol. The predicted octanol–water partition coefficient (Wildman–Crippen LogP) is 5.05. The number of rotatable bonds is 4. The van der Waals surface area contributed by atoms with Crippen LogP contribution in [-0.4, -0.2) is 6.54 Å². The molecule has 2 aromatic rings. The molecule has 0 saturated carbocycles. The lowest BCUT2D eigenvalue weighted by Gasteiger charge is -2.19. The van der Waals surface area contributed by atoms with E-state index >= 15 is 0 Å². The summed E-state index contributed by atoms with van der Waals surface area (Å²) in [5.74, 6) is 0.777. The molecule has 0 saturated heterocycles. The molecule has 2 aromatic carbocycles. The molecule has 19 heavy (non-hydrogen) atoms. The van der Waals surface area contributed by atoms with Crippen molar-refractivity contribution >= 4 is 47.8 Å². The van der Waals surface area contributed by atoms with Gasteiger partial charge in [0.1, 0.15) is 11.9 Å². The zero-order chi connectivity index (χ0) is 13.8. The summed E-state index contributed by atoms with van der Waals surface area (Å²) in [7, 11) is 0. The molecule has 0 aliphatic rings. The molecule has 1 atom stereocenters. The Morgan fingerprint density at radius 2 is 1.74 bits per heavy atom. The normalized spacial score (nSPS) is 12.2. The number of nitrogens with two attached hydrogens (primary N) is 1. The number of halogens is 3. The van der Waals surface area contributed by atoms with Gasteiger partial charge in [-0.05, 0) is 51.8 Å². The third-order valence-electron chi connectivity index (χ3n) is 2.60. The van der Waals surface area contributed by atoms with Crippen molar-refractivity contribution in [3.8, 4) is 5.75 Å². The summed E-state index contributed by atoms with van der Waals surface area (Å²) in [5, 5.41) is 0. The summed E-state index contributed by atoms with van der Waals surface area (Å²) >= 11 is 10.4. The van der Waals surface area contributed by atoms with E-state index in [1.165, 1.54) is 0 Å². The summed E-state index contributed by atoms with van der Waals surface area (Å²) in [4.78, 5) is 0. The predicted molar refractivity (Wildman–Crippen MR) is 88.4 cm³/mol. The van der Waals surface area contributed by atoms with Crippen LogP contribution in [0.15, 0.2) is 55.9 Å². The third kappa shape index (κ3) is 4.05. The average Bonchev–Trinajstić information content (AvgIpc) is 2.38. The van der Waals surface area contributed by atoms with E-state index in [0.717, 1.165) is 24.7 Å². The minimum Gasteiger partial charge on any atom is -0.483 e. The smallest absolute Gasteiger partial charge is 0.136 e. The van der Waals surface area contributed by atoms with Gasteiger partial charge in [0.15, 0.2) is 0 Å². The van der Waals surface area contributed by atoms with Crippen LogP contribution in [0, 0.1) is 0 Å². The molecule has 0 heterocycles. The summed E-state index contributed by atoms with van der Waals surface area (Å²) < 4.78 is 8.89. The fraction of sp³-hybridized carbons (Fsp3) is 0.143. The van der Waals surface area contributed by atoms with E-state index in [4.69, 9.17) is 10.5 Å². The molecule has 2 rings (SSSR count). The van der Waals surface area contributed by atoms with E-state index in [1.807, 2.05) is 42.5 Å².